The molecule has 4 aliphatic carbocycles. The molecular weight excluding hydrogens is 548 g/mol. The minimum atomic E-state index is -0.243. The lowest BCUT2D eigenvalue weighted by Crippen LogP contribution is -2.17. The van der Waals surface area contributed by atoms with Gasteiger partial charge in [0, 0.05) is 71.2 Å². The molecule has 232 valence electrons. The van der Waals surface area contributed by atoms with Gasteiger partial charge in [-0.3, -0.25) is 9.13 Å². The second-order valence-electron chi connectivity index (χ2n) is 12.4. The van der Waals surface area contributed by atoms with E-state index < -0.39 is 0 Å². The number of fused-ring (bicyclic) bond motifs is 10. The summed E-state index contributed by atoms with van der Waals surface area (Å²) in [5, 5.41) is 43.4. The van der Waals surface area contributed by atoms with Crippen LogP contribution in [0.2, 0.25) is 0 Å². The lowest BCUT2D eigenvalue weighted by molar-refractivity contribution is 0.0127. The van der Waals surface area contributed by atoms with Crippen LogP contribution in [0.15, 0.2) is 49.6 Å². The van der Waals surface area contributed by atoms with Crippen LogP contribution in [0.5, 0.6) is 23.5 Å². The molecular formula is C34H44N2O7. The van der Waals surface area contributed by atoms with Gasteiger partial charge in [0.1, 0.15) is 0 Å². The Balaban J connectivity index is 0.834. The molecule has 0 amide bonds. The summed E-state index contributed by atoms with van der Waals surface area (Å²) in [6.45, 7) is 11.5. The first-order valence-electron chi connectivity index (χ1n) is 15.5. The zero-order valence-corrected chi connectivity index (χ0v) is 24.8. The molecule has 0 saturated heterocycles. The smallest absolute Gasteiger partial charge is 0.198 e. The molecule has 0 radical (unpaired) electrons. The van der Waals surface area contributed by atoms with Crippen molar-refractivity contribution < 1.29 is 34.6 Å². The summed E-state index contributed by atoms with van der Waals surface area (Å²) in [7, 11) is 0. The van der Waals surface area contributed by atoms with Crippen LogP contribution in [0.25, 0.3) is 0 Å². The Morgan fingerprint density at radius 3 is 1.44 bits per heavy atom. The second kappa shape index (κ2) is 11.9. The second-order valence-corrected chi connectivity index (χ2v) is 12.4. The first-order valence-corrected chi connectivity index (χ1v) is 15.5. The number of aromatic nitrogens is 2. The van der Waals surface area contributed by atoms with Gasteiger partial charge in [0.25, 0.3) is 0 Å². The predicted octanol–water partition coefficient (Wildman–Crippen LogP) is 5.38. The van der Waals surface area contributed by atoms with Crippen LogP contribution in [0.1, 0.15) is 72.6 Å². The normalized spacial score (nSPS) is 25.6. The molecule has 4 aliphatic rings. The number of nitrogens with zero attached hydrogens (tertiary/aromatic N) is 2. The highest BCUT2D eigenvalue weighted by atomic mass is 16.5. The van der Waals surface area contributed by atoms with Gasteiger partial charge in [0.05, 0.1) is 26.4 Å². The fourth-order valence-electron chi connectivity index (χ4n) is 7.97. The maximum Gasteiger partial charge on any atom is 0.198 e. The van der Waals surface area contributed by atoms with Gasteiger partial charge >= 0.3 is 0 Å². The minimum absolute atomic E-state index is 0.157. The molecule has 2 heterocycles. The summed E-state index contributed by atoms with van der Waals surface area (Å²) in [5.41, 5.74) is 2.97. The Labute approximate surface area is 253 Å². The monoisotopic (exact) mass is 592 g/mol. The third kappa shape index (κ3) is 4.91. The Morgan fingerprint density at radius 1 is 0.651 bits per heavy atom. The van der Waals surface area contributed by atoms with E-state index in [0.717, 1.165) is 47.9 Å². The average molecular weight is 593 g/mol. The van der Waals surface area contributed by atoms with E-state index in [0.29, 0.717) is 65.6 Å². The Bertz CT molecular complexity index is 1330. The highest BCUT2D eigenvalue weighted by Crippen LogP contribution is 2.62. The maximum absolute atomic E-state index is 10.9. The van der Waals surface area contributed by atoms with E-state index in [9.17, 15) is 20.4 Å². The third-order valence-electron chi connectivity index (χ3n) is 9.79. The van der Waals surface area contributed by atoms with E-state index in [2.05, 4.69) is 37.5 Å². The lowest BCUT2D eigenvalue weighted by atomic mass is 9.81. The molecule has 0 spiro atoms. The third-order valence-corrected chi connectivity index (χ3v) is 9.79. The summed E-state index contributed by atoms with van der Waals surface area (Å²) < 4.78 is 20.2. The van der Waals surface area contributed by atoms with Crippen molar-refractivity contribution in [2.75, 3.05) is 39.6 Å². The number of allylic oxidation sites excluding steroid dienone is 6. The summed E-state index contributed by atoms with van der Waals surface area (Å²) in [6, 6.07) is 0. The van der Waals surface area contributed by atoms with Gasteiger partial charge < -0.3 is 34.6 Å². The minimum Gasteiger partial charge on any atom is -0.494 e. The predicted molar refractivity (Wildman–Crippen MR) is 163 cm³/mol. The van der Waals surface area contributed by atoms with Crippen molar-refractivity contribution in [2.45, 2.75) is 74.3 Å². The fraction of sp³-hybridized carbons (Fsp3) is 0.529. The SMILES string of the molecule is C=CCC12C=CC(C1)c1c2c(O)n(CCCOCCOCCOCCCn2c(O)c3c(c2O)C2(CC=C)C=CC3C2)c1O. The standard InChI is InChI=1S/C34H44N2O7/c1-3-9-33-11-7-23(21-33)25-27(33)31(39)35(29(25)37)13-5-15-41-17-19-43-20-18-42-16-6-14-36-30(38)26-24-8-12-34(22-24,10-4-2)28(26)32(36)40/h3-4,7-8,11-12,23-24,37-40H,1-2,5-6,9-10,13-22H2. The number of ether oxygens (including phenoxy) is 3. The first-order chi connectivity index (χ1) is 20.9. The number of rotatable bonds is 18. The summed E-state index contributed by atoms with van der Waals surface area (Å²) >= 11 is 0. The molecule has 43 heavy (non-hydrogen) atoms. The molecule has 4 unspecified atom stereocenters. The molecule has 4 atom stereocenters. The van der Waals surface area contributed by atoms with E-state index in [1.54, 1.807) is 9.13 Å². The Hall–Kier alpha value is -3.40. The zero-order valence-electron chi connectivity index (χ0n) is 24.8. The summed E-state index contributed by atoms with van der Waals surface area (Å²) in [4.78, 5) is 0. The van der Waals surface area contributed by atoms with Crippen molar-refractivity contribution in [3.05, 3.63) is 71.9 Å². The molecule has 4 bridgehead atoms. The van der Waals surface area contributed by atoms with E-state index in [1.807, 2.05) is 12.2 Å². The molecule has 4 N–H and O–H groups in total. The van der Waals surface area contributed by atoms with Gasteiger partial charge in [-0.15, -0.1) is 13.2 Å². The van der Waals surface area contributed by atoms with Crippen molar-refractivity contribution in [2.24, 2.45) is 0 Å². The van der Waals surface area contributed by atoms with E-state index in [-0.39, 0.29) is 46.2 Å². The first kappa shape index (κ1) is 29.7. The zero-order chi connectivity index (χ0) is 30.2. The Morgan fingerprint density at radius 2 is 1.05 bits per heavy atom. The van der Waals surface area contributed by atoms with Crippen molar-refractivity contribution in [1.82, 2.24) is 9.13 Å². The van der Waals surface area contributed by atoms with Crippen LogP contribution in [0.3, 0.4) is 0 Å². The highest BCUT2D eigenvalue weighted by Gasteiger charge is 2.51. The number of hydrogen-bond donors (Lipinski definition) is 4. The quantitative estimate of drug-likeness (QED) is 0.136. The molecule has 9 heteroatoms. The van der Waals surface area contributed by atoms with E-state index in [4.69, 9.17) is 14.2 Å². The van der Waals surface area contributed by atoms with Crippen LogP contribution < -0.4 is 0 Å². The molecule has 6 rings (SSSR count). The largest absolute Gasteiger partial charge is 0.494 e. The molecule has 0 fully saturated rings. The number of aromatic hydroxyl groups is 4. The van der Waals surface area contributed by atoms with Crippen LogP contribution in [-0.4, -0.2) is 69.2 Å². The molecule has 9 nitrogen and oxygen atoms in total. The topological polar surface area (TPSA) is 118 Å². The van der Waals surface area contributed by atoms with Crippen molar-refractivity contribution >= 4 is 0 Å². The summed E-state index contributed by atoms with van der Waals surface area (Å²) in [5.74, 6) is 0.979. The molecule has 2 aromatic rings. The summed E-state index contributed by atoms with van der Waals surface area (Å²) in [6.07, 6.45) is 16.9. The van der Waals surface area contributed by atoms with Gasteiger partial charge in [-0.2, -0.15) is 0 Å². The van der Waals surface area contributed by atoms with Gasteiger partial charge in [-0.25, -0.2) is 0 Å². The van der Waals surface area contributed by atoms with Crippen LogP contribution in [0, 0.1) is 0 Å². The molecule has 0 aliphatic heterocycles. The van der Waals surface area contributed by atoms with E-state index in [1.165, 1.54) is 0 Å². The van der Waals surface area contributed by atoms with Crippen molar-refractivity contribution in [3.63, 3.8) is 0 Å². The van der Waals surface area contributed by atoms with Crippen LogP contribution in [-0.2, 0) is 38.1 Å². The van der Waals surface area contributed by atoms with Crippen LogP contribution >= 0.6 is 0 Å². The van der Waals surface area contributed by atoms with Crippen molar-refractivity contribution in [1.29, 1.82) is 0 Å². The van der Waals surface area contributed by atoms with Gasteiger partial charge in [0.2, 0.25) is 0 Å². The number of hydrogen-bond acceptors (Lipinski definition) is 7. The van der Waals surface area contributed by atoms with Gasteiger partial charge in [-0.1, -0.05) is 36.5 Å². The average Bonchev–Trinajstić information content (AvgIpc) is 3.81. The molecule has 2 aromatic heterocycles. The van der Waals surface area contributed by atoms with Crippen molar-refractivity contribution in [3.8, 4) is 23.5 Å². The van der Waals surface area contributed by atoms with E-state index >= 15 is 0 Å². The lowest BCUT2D eigenvalue weighted by Gasteiger charge is -2.23. The fourth-order valence-corrected chi connectivity index (χ4v) is 7.97. The Kier molecular flexibility index (Phi) is 8.24. The van der Waals surface area contributed by atoms with Gasteiger partial charge in [-0.05, 0) is 38.5 Å². The van der Waals surface area contributed by atoms with Crippen LogP contribution in [0.4, 0.5) is 0 Å². The molecule has 0 aromatic carbocycles. The highest BCUT2D eigenvalue weighted by molar-refractivity contribution is 5.63. The van der Waals surface area contributed by atoms with Gasteiger partial charge in [0.15, 0.2) is 23.5 Å². The maximum atomic E-state index is 10.9. The molecule has 0 saturated carbocycles.